The molecule has 166 valence electrons. The first-order valence-electron chi connectivity index (χ1n) is 10.7. The van der Waals surface area contributed by atoms with E-state index in [0.29, 0.717) is 30.3 Å². The molecule has 6 heteroatoms. The number of likely N-dealkylation sites (tertiary alicyclic amines) is 1. The molecule has 5 nitrogen and oxygen atoms in total. The van der Waals surface area contributed by atoms with Crippen LogP contribution in [0.5, 0.6) is 11.5 Å². The zero-order chi connectivity index (χ0) is 22.4. The number of phenols is 1. The molecular formula is C25H31FN2O3. The van der Waals surface area contributed by atoms with Crippen molar-refractivity contribution in [3.63, 3.8) is 0 Å². The minimum absolute atomic E-state index is 0.00573. The van der Waals surface area contributed by atoms with Crippen LogP contribution in [0.25, 0.3) is 6.08 Å². The van der Waals surface area contributed by atoms with Gasteiger partial charge in [-0.15, -0.1) is 0 Å². The first kappa shape index (κ1) is 22.8. The van der Waals surface area contributed by atoms with Crippen LogP contribution >= 0.6 is 0 Å². The highest BCUT2D eigenvalue weighted by molar-refractivity contribution is 5.95. The van der Waals surface area contributed by atoms with E-state index in [9.17, 15) is 14.3 Å². The maximum Gasteiger partial charge on any atom is 0.254 e. The summed E-state index contributed by atoms with van der Waals surface area (Å²) in [7, 11) is 3.58. The smallest absolute Gasteiger partial charge is 0.254 e. The monoisotopic (exact) mass is 426 g/mol. The van der Waals surface area contributed by atoms with Crippen molar-refractivity contribution in [2.24, 2.45) is 0 Å². The van der Waals surface area contributed by atoms with Crippen molar-refractivity contribution < 1.29 is 19.0 Å². The largest absolute Gasteiger partial charge is 0.504 e. The second-order valence-electron chi connectivity index (χ2n) is 8.19. The Morgan fingerprint density at radius 1 is 1.32 bits per heavy atom. The summed E-state index contributed by atoms with van der Waals surface area (Å²) in [4.78, 5) is 17.5. The lowest BCUT2D eigenvalue weighted by Gasteiger charge is -2.27. The topological polar surface area (TPSA) is 53.0 Å². The van der Waals surface area contributed by atoms with Crippen molar-refractivity contribution in [1.82, 2.24) is 9.80 Å². The number of hydrogen-bond acceptors (Lipinski definition) is 4. The number of rotatable bonds is 8. The van der Waals surface area contributed by atoms with Crippen LogP contribution in [0.3, 0.4) is 0 Å². The summed E-state index contributed by atoms with van der Waals surface area (Å²) in [5.74, 6) is -0.162. The Balaban J connectivity index is 1.81. The number of benzene rings is 2. The van der Waals surface area contributed by atoms with Gasteiger partial charge >= 0.3 is 0 Å². The minimum atomic E-state index is -0.282. The molecule has 1 fully saturated rings. The normalized spacial score (nSPS) is 17.0. The third kappa shape index (κ3) is 5.85. The van der Waals surface area contributed by atoms with E-state index in [0.717, 1.165) is 25.0 Å². The summed E-state index contributed by atoms with van der Waals surface area (Å²) in [6.07, 6.45) is 4.98. The highest BCUT2D eigenvalue weighted by atomic mass is 19.1. The molecule has 1 saturated heterocycles. The number of amides is 1. The third-order valence-corrected chi connectivity index (χ3v) is 5.87. The molecule has 1 aliphatic heterocycles. The van der Waals surface area contributed by atoms with E-state index < -0.39 is 0 Å². The molecule has 0 bridgehead atoms. The fourth-order valence-electron chi connectivity index (χ4n) is 4.10. The summed E-state index contributed by atoms with van der Waals surface area (Å²) in [5, 5.41) is 9.87. The standard InChI is InChI=1S/C25H31FN2O3/c1-18(15-19-7-4-5-9-22(19)26)17-28(14-12-21-8-6-13-27(21)2)25(30)20-10-11-23(29)24(16-20)31-3/h4-5,7,9-11,15-16,21,29H,6,8,12-14,17H2,1-3H3/b18-15+. The molecule has 1 amide bonds. The molecule has 0 aromatic heterocycles. The number of ether oxygens (including phenoxy) is 1. The van der Waals surface area contributed by atoms with E-state index in [2.05, 4.69) is 11.9 Å². The summed E-state index contributed by atoms with van der Waals surface area (Å²) in [5.41, 5.74) is 1.85. The second-order valence-corrected chi connectivity index (χ2v) is 8.19. The first-order valence-corrected chi connectivity index (χ1v) is 10.7. The Bertz CT molecular complexity index is 944. The zero-order valence-electron chi connectivity index (χ0n) is 18.5. The molecule has 1 atom stereocenters. The number of carbonyl (C=O) groups is 1. The van der Waals surface area contributed by atoms with Gasteiger partial charge in [-0.3, -0.25) is 4.79 Å². The van der Waals surface area contributed by atoms with E-state index in [1.807, 2.05) is 6.92 Å². The molecule has 1 unspecified atom stereocenters. The van der Waals surface area contributed by atoms with E-state index in [4.69, 9.17) is 4.74 Å². The van der Waals surface area contributed by atoms with Gasteiger partial charge in [0.2, 0.25) is 0 Å². The number of nitrogens with zero attached hydrogens (tertiary/aromatic N) is 2. The minimum Gasteiger partial charge on any atom is -0.504 e. The summed E-state index contributed by atoms with van der Waals surface area (Å²) in [6.45, 7) is 3.98. The van der Waals surface area contributed by atoms with Gasteiger partial charge in [0.1, 0.15) is 5.82 Å². The van der Waals surface area contributed by atoms with Gasteiger partial charge in [0.25, 0.3) is 5.91 Å². The third-order valence-electron chi connectivity index (χ3n) is 5.87. The second kappa shape index (κ2) is 10.4. The van der Waals surface area contributed by atoms with Gasteiger partial charge < -0.3 is 19.6 Å². The van der Waals surface area contributed by atoms with Crippen LogP contribution < -0.4 is 4.74 Å². The number of hydrogen-bond donors (Lipinski definition) is 1. The van der Waals surface area contributed by atoms with Crippen molar-refractivity contribution in [3.05, 3.63) is 65.0 Å². The molecule has 0 saturated carbocycles. The Hall–Kier alpha value is -2.86. The summed E-state index contributed by atoms with van der Waals surface area (Å²) < 4.78 is 19.2. The summed E-state index contributed by atoms with van der Waals surface area (Å²) in [6, 6.07) is 11.7. The maximum absolute atomic E-state index is 14.1. The number of phenolic OH excluding ortho intramolecular Hbond substituents is 1. The lowest BCUT2D eigenvalue weighted by Crippen LogP contribution is -2.37. The van der Waals surface area contributed by atoms with E-state index in [1.165, 1.54) is 25.7 Å². The molecule has 1 N–H and O–H groups in total. The number of methoxy groups -OCH3 is 1. The van der Waals surface area contributed by atoms with Crippen LogP contribution in [-0.4, -0.2) is 60.6 Å². The van der Waals surface area contributed by atoms with Crippen molar-refractivity contribution in [3.8, 4) is 11.5 Å². The highest BCUT2D eigenvalue weighted by Crippen LogP contribution is 2.27. The van der Waals surface area contributed by atoms with Crippen LogP contribution in [0.15, 0.2) is 48.0 Å². The van der Waals surface area contributed by atoms with Gasteiger partial charge in [0.05, 0.1) is 7.11 Å². The molecule has 1 heterocycles. The number of aromatic hydroxyl groups is 1. The van der Waals surface area contributed by atoms with Gasteiger partial charge in [-0.2, -0.15) is 0 Å². The number of carbonyl (C=O) groups excluding carboxylic acids is 1. The molecule has 0 spiro atoms. The molecule has 0 radical (unpaired) electrons. The van der Waals surface area contributed by atoms with Crippen molar-refractivity contribution >= 4 is 12.0 Å². The Kier molecular flexibility index (Phi) is 7.69. The van der Waals surface area contributed by atoms with Crippen LogP contribution in [0.1, 0.15) is 42.1 Å². The van der Waals surface area contributed by atoms with Gasteiger partial charge in [-0.05, 0) is 64.0 Å². The Morgan fingerprint density at radius 3 is 2.77 bits per heavy atom. The zero-order valence-corrected chi connectivity index (χ0v) is 18.5. The van der Waals surface area contributed by atoms with Crippen LogP contribution in [-0.2, 0) is 0 Å². The predicted molar refractivity (Wildman–Crippen MR) is 121 cm³/mol. The van der Waals surface area contributed by atoms with E-state index in [1.54, 1.807) is 41.3 Å². The first-order chi connectivity index (χ1) is 14.9. The molecule has 2 aromatic carbocycles. The predicted octanol–water partition coefficient (Wildman–Crippen LogP) is 4.57. The van der Waals surface area contributed by atoms with Crippen LogP contribution in [0.4, 0.5) is 4.39 Å². The Labute approximate surface area is 183 Å². The average molecular weight is 427 g/mol. The van der Waals surface area contributed by atoms with Crippen molar-refractivity contribution in [2.75, 3.05) is 33.8 Å². The maximum atomic E-state index is 14.1. The molecule has 0 aliphatic carbocycles. The lowest BCUT2D eigenvalue weighted by molar-refractivity contribution is 0.0757. The van der Waals surface area contributed by atoms with Crippen LogP contribution in [0, 0.1) is 5.82 Å². The molecule has 1 aliphatic rings. The SMILES string of the molecule is COc1cc(C(=O)N(CCC2CCCN2C)C/C(C)=C/c2ccccc2F)ccc1O. The molecule has 2 aromatic rings. The van der Waals surface area contributed by atoms with Gasteiger partial charge in [-0.1, -0.05) is 29.8 Å². The molecule has 3 rings (SSSR count). The fraction of sp³-hybridized carbons (Fsp3) is 0.400. The van der Waals surface area contributed by atoms with Crippen LogP contribution in [0.2, 0.25) is 0 Å². The average Bonchev–Trinajstić information content (AvgIpc) is 3.17. The van der Waals surface area contributed by atoms with Crippen molar-refractivity contribution in [2.45, 2.75) is 32.2 Å². The van der Waals surface area contributed by atoms with Gasteiger partial charge in [-0.25, -0.2) is 4.39 Å². The lowest BCUT2D eigenvalue weighted by atomic mass is 10.1. The summed E-state index contributed by atoms with van der Waals surface area (Å²) >= 11 is 0. The van der Waals surface area contributed by atoms with Gasteiger partial charge in [0, 0.05) is 30.3 Å². The van der Waals surface area contributed by atoms with E-state index >= 15 is 0 Å². The molecular weight excluding hydrogens is 395 g/mol. The number of halogens is 1. The van der Waals surface area contributed by atoms with Gasteiger partial charge in [0.15, 0.2) is 11.5 Å². The Morgan fingerprint density at radius 2 is 2.10 bits per heavy atom. The van der Waals surface area contributed by atoms with E-state index in [-0.39, 0.29) is 23.2 Å². The molecule has 31 heavy (non-hydrogen) atoms. The highest BCUT2D eigenvalue weighted by Gasteiger charge is 2.24. The quantitative estimate of drug-likeness (QED) is 0.672. The van der Waals surface area contributed by atoms with Crippen molar-refractivity contribution in [1.29, 1.82) is 0 Å². The fourth-order valence-corrected chi connectivity index (χ4v) is 4.10.